The van der Waals surface area contributed by atoms with E-state index < -0.39 is 20.7 Å². The lowest BCUT2D eigenvalue weighted by Gasteiger charge is -2.39. The Bertz CT molecular complexity index is 1690. The lowest BCUT2D eigenvalue weighted by atomic mass is 10.0. The maximum atomic E-state index is 14.0. The van der Waals surface area contributed by atoms with Gasteiger partial charge >= 0.3 is 0 Å². The van der Waals surface area contributed by atoms with Crippen molar-refractivity contribution in [2.24, 2.45) is 0 Å². The number of piperazine rings is 1. The molecule has 0 bridgehead atoms. The van der Waals surface area contributed by atoms with Crippen molar-refractivity contribution in [3.8, 4) is 5.75 Å². The first-order valence-corrected chi connectivity index (χ1v) is 15.4. The molecule has 1 aliphatic heterocycles. The largest absolute Gasteiger partial charge is 0.496 e. The molecule has 5 rings (SSSR count). The van der Waals surface area contributed by atoms with E-state index in [1.807, 2.05) is 19.1 Å². The molecule has 1 atom stereocenters. The third kappa shape index (κ3) is 5.05. The van der Waals surface area contributed by atoms with Crippen LogP contribution in [0.5, 0.6) is 5.75 Å². The van der Waals surface area contributed by atoms with Crippen molar-refractivity contribution in [3.63, 3.8) is 0 Å². The minimum atomic E-state index is -3.75. The second-order valence-electron chi connectivity index (χ2n) is 11.5. The molecule has 1 saturated carbocycles. The fourth-order valence-electron chi connectivity index (χ4n) is 5.83. The molecule has 1 unspecified atom stereocenters. The number of aromatic nitrogens is 2. The third-order valence-electron chi connectivity index (χ3n) is 8.62. The number of rotatable bonds is 9. The quantitative estimate of drug-likeness (QED) is 0.373. The lowest BCUT2D eigenvalue weighted by molar-refractivity contribution is 0.0952. The van der Waals surface area contributed by atoms with Gasteiger partial charge in [-0.2, -0.15) is 0 Å². The van der Waals surface area contributed by atoms with Gasteiger partial charge in [-0.05, 0) is 70.8 Å². The Kier molecular flexibility index (Phi) is 7.54. The Morgan fingerprint density at radius 3 is 2.61 bits per heavy atom. The van der Waals surface area contributed by atoms with Gasteiger partial charge in [-0.3, -0.25) is 9.59 Å². The van der Waals surface area contributed by atoms with E-state index in [2.05, 4.69) is 40.7 Å². The molecule has 2 fully saturated rings. The standard InChI is InChI=1S/C30H39N5O5S/c1-7-8-30(9-10-30)41(38,39)35-17-19(2)27-23(14-22(15-25(27)35)34-12-11-33(5)21(4)18-34)28(36)31-16-24-26(40-6)13-20(3)32-29(24)37/h7,13-15,17,21H,1,8-12,16,18H2,2-6H3,(H,31,36)(H,32,37). The van der Waals surface area contributed by atoms with Crippen molar-refractivity contribution in [1.29, 1.82) is 0 Å². The predicted octanol–water partition coefficient (Wildman–Crippen LogP) is 3.31. The topological polar surface area (TPSA) is 117 Å². The average molecular weight is 582 g/mol. The van der Waals surface area contributed by atoms with Crippen LogP contribution in [0.2, 0.25) is 0 Å². The Labute approximate surface area is 241 Å². The van der Waals surface area contributed by atoms with Crippen molar-refractivity contribution >= 4 is 32.5 Å². The number of hydrogen-bond donors (Lipinski definition) is 2. The number of hydrogen-bond acceptors (Lipinski definition) is 7. The first kappa shape index (κ1) is 28.9. The molecule has 3 heterocycles. The SMILES string of the molecule is C=CCC1(S(=O)(=O)n2cc(C)c3c(C(=O)NCc4c(OC)cc(C)[nH]c4=O)cc(N4CCN(C)C(C)C4)cc32)CC1. The maximum Gasteiger partial charge on any atom is 0.256 e. The highest BCUT2D eigenvalue weighted by molar-refractivity contribution is 7.91. The highest BCUT2D eigenvalue weighted by Gasteiger charge is 2.54. The molecule has 11 heteroatoms. The Morgan fingerprint density at radius 1 is 1.24 bits per heavy atom. The van der Waals surface area contributed by atoms with Crippen molar-refractivity contribution in [1.82, 2.24) is 19.2 Å². The highest BCUT2D eigenvalue weighted by atomic mass is 32.2. The summed E-state index contributed by atoms with van der Waals surface area (Å²) in [4.78, 5) is 33.7. The number of likely N-dealkylation sites (N-methyl/N-ethyl adjacent to an activating group) is 1. The van der Waals surface area contributed by atoms with E-state index >= 15 is 0 Å². The number of ether oxygens (including phenoxy) is 1. The number of aromatic amines is 1. The van der Waals surface area contributed by atoms with E-state index in [1.165, 1.54) is 11.1 Å². The maximum absolute atomic E-state index is 14.0. The average Bonchev–Trinajstić information content (AvgIpc) is 3.65. The normalized spacial score (nSPS) is 18.9. The molecule has 41 heavy (non-hydrogen) atoms. The lowest BCUT2D eigenvalue weighted by Crippen LogP contribution is -2.50. The van der Waals surface area contributed by atoms with Crippen molar-refractivity contribution in [2.45, 2.75) is 57.4 Å². The van der Waals surface area contributed by atoms with Crippen LogP contribution in [0.1, 0.15) is 53.4 Å². The minimum absolute atomic E-state index is 0.0462. The van der Waals surface area contributed by atoms with Gasteiger partial charge in [0, 0.05) is 48.6 Å². The molecule has 2 aromatic heterocycles. The summed E-state index contributed by atoms with van der Waals surface area (Å²) in [6.45, 7) is 11.8. The smallest absolute Gasteiger partial charge is 0.256 e. The first-order valence-electron chi connectivity index (χ1n) is 13.9. The number of carbonyl (C=O) groups excluding carboxylic acids is 1. The van der Waals surface area contributed by atoms with Gasteiger partial charge in [0.15, 0.2) is 0 Å². The van der Waals surface area contributed by atoms with Crippen molar-refractivity contribution < 1.29 is 17.9 Å². The number of pyridine rings is 1. The summed E-state index contributed by atoms with van der Waals surface area (Å²) in [5, 5.41) is 3.47. The number of carbonyl (C=O) groups is 1. The number of fused-ring (bicyclic) bond motifs is 1. The van der Waals surface area contributed by atoms with E-state index in [0.29, 0.717) is 58.3 Å². The van der Waals surface area contributed by atoms with Gasteiger partial charge in [-0.25, -0.2) is 12.4 Å². The minimum Gasteiger partial charge on any atom is -0.496 e. The van der Waals surface area contributed by atoms with Gasteiger partial charge < -0.3 is 24.8 Å². The molecule has 0 radical (unpaired) electrons. The van der Waals surface area contributed by atoms with Gasteiger partial charge in [-0.1, -0.05) is 6.08 Å². The van der Waals surface area contributed by atoms with Crippen LogP contribution < -0.4 is 20.5 Å². The molecule has 10 nitrogen and oxygen atoms in total. The first-order chi connectivity index (χ1) is 19.4. The second-order valence-corrected chi connectivity index (χ2v) is 13.7. The third-order valence-corrected chi connectivity index (χ3v) is 11.1. The van der Waals surface area contributed by atoms with Gasteiger partial charge in [0.1, 0.15) is 5.75 Å². The van der Waals surface area contributed by atoms with Gasteiger partial charge in [0.05, 0.1) is 35.0 Å². The van der Waals surface area contributed by atoms with E-state index in [9.17, 15) is 18.0 Å². The molecule has 2 aliphatic rings. The molecule has 2 N–H and O–H groups in total. The summed E-state index contributed by atoms with van der Waals surface area (Å²) in [5.74, 6) is -0.00576. The number of allylic oxidation sites excluding steroid dienone is 1. The molecular weight excluding hydrogens is 542 g/mol. The van der Waals surface area contributed by atoms with E-state index in [-0.39, 0.29) is 18.1 Å². The summed E-state index contributed by atoms with van der Waals surface area (Å²) in [6.07, 6.45) is 4.83. The van der Waals surface area contributed by atoms with Crippen molar-refractivity contribution in [2.75, 3.05) is 38.7 Å². The Morgan fingerprint density at radius 2 is 1.98 bits per heavy atom. The van der Waals surface area contributed by atoms with Crippen molar-refractivity contribution in [3.05, 3.63) is 69.8 Å². The van der Waals surface area contributed by atoms with E-state index in [0.717, 1.165) is 25.3 Å². The number of aryl methyl sites for hydroxylation is 2. The zero-order valence-electron chi connectivity index (χ0n) is 24.4. The number of benzene rings is 1. The van der Waals surface area contributed by atoms with Crippen LogP contribution in [0.4, 0.5) is 5.69 Å². The second kappa shape index (κ2) is 10.7. The van der Waals surface area contributed by atoms with Crippen LogP contribution in [0.15, 0.2) is 41.8 Å². The number of H-pyrrole nitrogens is 1. The molecule has 0 spiro atoms. The molecule has 1 amide bonds. The van der Waals surface area contributed by atoms with E-state index in [4.69, 9.17) is 4.74 Å². The van der Waals surface area contributed by atoms with Crippen LogP contribution >= 0.6 is 0 Å². The fraction of sp³-hybridized carbons (Fsp3) is 0.467. The molecule has 1 saturated heterocycles. The Balaban J connectivity index is 1.61. The summed E-state index contributed by atoms with van der Waals surface area (Å²) in [5.41, 5.74) is 2.95. The zero-order chi connectivity index (χ0) is 29.7. The van der Waals surface area contributed by atoms with Crippen LogP contribution in [0.25, 0.3) is 10.9 Å². The molecule has 220 valence electrons. The highest BCUT2D eigenvalue weighted by Crippen LogP contribution is 2.49. The number of anilines is 1. The molecular formula is C30H39N5O5S. The summed E-state index contributed by atoms with van der Waals surface area (Å²) in [7, 11) is -0.188. The molecule has 1 aromatic carbocycles. The summed E-state index contributed by atoms with van der Waals surface area (Å²) in [6, 6.07) is 5.73. The molecule has 1 aliphatic carbocycles. The van der Waals surface area contributed by atoms with Gasteiger partial charge in [0.2, 0.25) is 10.0 Å². The number of methoxy groups -OCH3 is 1. The number of nitrogens with zero attached hydrogens (tertiary/aromatic N) is 3. The number of amides is 1. The summed E-state index contributed by atoms with van der Waals surface area (Å²) >= 11 is 0. The monoisotopic (exact) mass is 581 g/mol. The van der Waals surface area contributed by atoms with Crippen LogP contribution in [-0.4, -0.2) is 72.8 Å². The fourth-order valence-corrected chi connectivity index (χ4v) is 7.90. The number of nitrogens with one attached hydrogen (secondary N) is 2. The van der Waals surface area contributed by atoms with Gasteiger partial charge in [0.25, 0.3) is 11.5 Å². The zero-order valence-corrected chi connectivity index (χ0v) is 25.2. The van der Waals surface area contributed by atoms with Gasteiger partial charge in [-0.15, -0.1) is 6.58 Å². The summed E-state index contributed by atoms with van der Waals surface area (Å²) < 4.78 is 33.9. The molecule has 3 aromatic rings. The van der Waals surface area contributed by atoms with Crippen LogP contribution in [0.3, 0.4) is 0 Å². The van der Waals surface area contributed by atoms with E-state index in [1.54, 1.807) is 25.3 Å². The van der Waals surface area contributed by atoms with Crippen LogP contribution in [0, 0.1) is 13.8 Å². The predicted molar refractivity (Wildman–Crippen MR) is 162 cm³/mol. The Hall–Kier alpha value is -3.57. The van der Waals surface area contributed by atoms with Crippen LogP contribution in [-0.2, 0) is 16.6 Å².